The maximum absolute atomic E-state index is 12.8. The Kier molecular flexibility index (Phi) is 4.45. The van der Waals surface area contributed by atoms with Crippen molar-refractivity contribution in [1.82, 2.24) is 30.8 Å². The van der Waals surface area contributed by atoms with Crippen LogP contribution in [0.3, 0.4) is 0 Å². The SMILES string of the molecule is CC(=O)C(C(=O)NC1C(=O)N2C(c3nnn[nH]3)C(C)(C)S[C@H]12)c1ccccc1. The van der Waals surface area contributed by atoms with Crippen molar-refractivity contribution in [1.29, 1.82) is 0 Å². The molecule has 0 radical (unpaired) electrons. The topological polar surface area (TPSA) is 121 Å². The Morgan fingerprint density at radius 3 is 2.61 bits per heavy atom. The van der Waals surface area contributed by atoms with Crippen molar-refractivity contribution in [2.75, 3.05) is 0 Å². The van der Waals surface area contributed by atoms with E-state index in [0.717, 1.165) is 0 Å². The monoisotopic (exact) mass is 400 g/mol. The normalized spacial score (nSPS) is 26.3. The van der Waals surface area contributed by atoms with Gasteiger partial charge in [-0.1, -0.05) is 30.3 Å². The van der Waals surface area contributed by atoms with E-state index < -0.39 is 17.9 Å². The van der Waals surface area contributed by atoms with Crippen LogP contribution in [0.15, 0.2) is 30.3 Å². The number of aromatic nitrogens is 4. The van der Waals surface area contributed by atoms with Crippen LogP contribution >= 0.6 is 11.8 Å². The molecule has 2 N–H and O–H groups in total. The van der Waals surface area contributed by atoms with Crippen molar-refractivity contribution in [3.05, 3.63) is 41.7 Å². The van der Waals surface area contributed by atoms with Crippen LogP contribution in [0, 0.1) is 0 Å². The van der Waals surface area contributed by atoms with Crippen LogP contribution in [0.2, 0.25) is 0 Å². The number of H-pyrrole nitrogens is 1. The van der Waals surface area contributed by atoms with Crippen LogP contribution in [0.25, 0.3) is 0 Å². The molecular formula is C18H20N6O3S. The molecule has 3 heterocycles. The van der Waals surface area contributed by atoms with Gasteiger partial charge in [0.1, 0.15) is 29.2 Å². The van der Waals surface area contributed by atoms with Crippen molar-refractivity contribution < 1.29 is 14.4 Å². The molecule has 9 nitrogen and oxygen atoms in total. The minimum atomic E-state index is -0.934. The number of amides is 2. The lowest BCUT2D eigenvalue weighted by atomic mass is 9.92. The minimum Gasteiger partial charge on any atom is -0.341 e. The summed E-state index contributed by atoms with van der Waals surface area (Å²) in [6, 6.07) is 7.86. The number of ketones is 1. The molecule has 4 atom stereocenters. The Balaban J connectivity index is 1.54. The lowest BCUT2D eigenvalue weighted by molar-refractivity contribution is -0.152. The van der Waals surface area contributed by atoms with Gasteiger partial charge in [-0.05, 0) is 36.8 Å². The first-order valence-corrected chi connectivity index (χ1v) is 9.78. The van der Waals surface area contributed by atoms with E-state index >= 15 is 0 Å². The molecule has 2 amide bonds. The quantitative estimate of drug-likeness (QED) is 0.562. The second-order valence-corrected chi connectivity index (χ2v) is 9.26. The molecule has 10 heteroatoms. The number of β-lactam (4-membered cyclic amide) rings is 1. The fourth-order valence-electron chi connectivity index (χ4n) is 3.93. The van der Waals surface area contributed by atoms with Crippen molar-refractivity contribution >= 4 is 29.4 Å². The molecule has 2 aromatic rings. The lowest BCUT2D eigenvalue weighted by Gasteiger charge is -2.44. The number of carbonyl (C=O) groups is 3. The van der Waals surface area contributed by atoms with E-state index in [9.17, 15) is 14.4 Å². The first-order valence-electron chi connectivity index (χ1n) is 8.90. The summed E-state index contributed by atoms with van der Waals surface area (Å²) in [6.45, 7) is 5.40. The van der Waals surface area contributed by atoms with Gasteiger partial charge in [0.05, 0.1) is 0 Å². The zero-order valence-corrected chi connectivity index (χ0v) is 16.4. The van der Waals surface area contributed by atoms with Crippen LogP contribution in [-0.2, 0) is 14.4 Å². The number of fused-ring (bicyclic) bond motifs is 1. The molecule has 0 aliphatic carbocycles. The summed E-state index contributed by atoms with van der Waals surface area (Å²) in [4.78, 5) is 39.5. The maximum atomic E-state index is 12.8. The number of hydrogen-bond acceptors (Lipinski definition) is 7. The third-order valence-corrected chi connectivity index (χ3v) is 6.73. The Labute approximate surface area is 165 Å². The van der Waals surface area contributed by atoms with Crippen molar-refractivity contribution in [3.63, 3.8) is 0 Å². The summed E-state index contributed by atoms with van der Waals surface area (Å²) >= 11 is 1.58. The number of benzene rings is 1. The van der Waals surface area contributed by atoms with Gasteiger partial charge in [0.15, 0.2) is 5.82 Å². The van der Waals surface area contributed by atoms with Gasteiger partial charge >= 0.3 is 0 Å². The zero-order valence-electron chi connectivity index (χ0n) is 15.6. The maximum Gasteiger partial charge on any atom is 0.249 e. The Morgan fingerprint density at radius 1 is 1.29 bits per heavy atom. The highest BCUT2D eigenvalue weighted by Crippen LogP contribution is 2.56. The van der Waals surface area contributed by atoms with E-state index in [2.05, 4.69) is 25.9 Å². The average molecular weight is 400 g/mol. The molecule has 2 fully saturated rings. The third-order valence-electron chi connectivity index (χ3n) is 5.16. The van der Waals surface area contributed by atoms with Crippen LogP contribution < -0.4 is 5.32 Å². The molecular weight excluding hydrogens is 380 g/mol. The van der Waals surface area contributed by atoms with Gasteiger partial charge < -0.3 is 10.2 Å². The first kappa shape index (κ1) is 18.6. The Bertz CT molecular complexity index is 917. The fraction of sp³-hybridized carbons (Fsp3) is 0.444. The molecule has 1 aromatic heterocycles. The second-order valence-electron chi connectivity index (χ2n) is 7.49. The smallest absolute Gasteiger partial charge is 0.249 e. The van der Waals surface area contributed by atoms with Gasteiger partial charge in [0.25, 0.3) is 0 Å². The van der Waals surface area contributed by atoms with E-state index in [-0.39, 0.29) is 27.9 Å². The molecule has 0 bridgehead atoms. The predicted octanol–water partition coefficient (Wildman–Crippen LogP) is 0.792. The molecule has 28 heavy (non-hydrogen) atoms. The number of thioether (sulfide) groups is 1. The number of hydrogen-bond donors (Lipinski definition) is 2. The number of rotatable bonds is 5. The molecule has 4 rings (SSSR count). The summed E-state index contributed by atoms with van der Waals surface area (Å²) in [7, 11) is 0. The van der Waals surface area contributed by atoms with E-state index in [4.69, 9.17) is 0 Å². The van der Waals surface area contributed by atoms with Gasteiger partial charge in [-0.15, -0.1) is 16.9 Å². The molecule has 0 saturated carbocycles. The van der Waals surface area contributed by atoms with Gasteiger partial charge in [0.2, 0.25) is 11.8 Å². The number of nitrogens with one attached hydrogen (secondary N) is 2. The van der Waals surface area contributed by atoms with Gasteiger partial charge in [-0.2, -0.15) is 0 Å². The van der Waals surface area contributed by atoms with E-state index in [1.165, 1.54) is 6.92 Å². The highest BCUT2D eigenvalue weighted by molar-refractivity contribution is 8.01. The highest BCUT2D eigenvalue weighted by Gasteiger charge is 2.63. The van der Waals surface area contributed by atoms with Crippen molar-refractivity contribution in [2.24, 2.45) is 0 Å². The van der Waals surface area contributed by atoms with Crippen LogP contribution in [0.1, 0.15) is 44.1 Å². The highest BCUT2D eigenvalue weighted by atomic mass is 32.2. The summed E-state index contributed by atoms with van der Waals surface area (Å²) in [5, 5.41) is 16.5. The molecule has 3 unspecified atom stereocenters. The van der Waals surface area contributed by atoms with Crippen LogP contribution in [0.4, 0.5) is 0 Å². The molecule has 2 saturated heterocycles. The lowest BCUT2D eigenvalue weighted by Crippen LogP contribution is -2.68. The predicted molar refractivity (Wildman–Crippen MR) is 101 cm³/mol. The van der Waals surface area contributed by atoms with Gasteiger partial charge in [0, 0.05) is 4.75 Å². The zero-order chi connectivity index (χ0) is 20.1. The molecule has 0 spiro atoms. The van der Waals surface area contributed by atoms with Gasteiger partial charge in [-0.3, -0.25) is 14.4 Å². The molecule has 146 valence electrons. The van der Waals surface area contributed by atoms with Crippen LogP contribution in [-0.4, -0.2) is 59.3 Å². The van der Waals surface area contributed by atoms with E-state index in [1.807, 2.05) is 19.9 Å². The summed E-state index contributed by atoms with van der Waals surface area (Å²) in [5.41, 5.74) is 0.612. The number of Topliss-reactive ketones (excluding diaryl/α,β-unsaturated/α-hetero) is 1. The molecule has 2 aliphatic rings. The average Bonchev–Trinajstić information content (AvgIpc) is 3.24. The summed E-state index contributed by atoms with van der Waals surface area (Å²) in [5.74, 6) is -1.34. The van der Waals surface area contributed by atoms with Crippen LogP contribution in [0.5, 0.6) is 0 Å². The van der Waals surface area contributed by atoms with E-state index in [0.29, 0.717) is 11.4 Å². The number of aromatic amines is 1. The largest absolute Gasteiger partial charge is 0.341 e. The fourth-order valence-corrected chi connectivity index (χ4v) is 5.56. The standard InChI is InChI=1S/C18H20N6O3S/c1-9(25)11(10-7-5-4-6-8-10)15(26)19-12-16(27)24-13(14-20-22-23-21-14)18(2,3)28-17(12)24/h4-8,11-13,17H,1-3H3,(H,19,26)(H,20,21,22,23)/t11?,12?,13?,17-/m1/s1. The molecule has 2 aliphatic heterocycles. The number of tetrazole rings is 1. The van der Waals surface area contributed by atoms with Crippen molar-refractivity contribution in [3.8, 4) is 0 Å². The van der Waals surface area contributed by atoms with Gasteiger partial charge in [-0.25, -0.2) is 5.10 Å². The first-order chi connectivity index (χ1) is 13.3. The third kappa shape index (κ3) is 2.88. The second kappa shape index (κ2) is 6.69. The Hall–Kier alpha value is -2.75. The summed E-state index contributed by atoms with van der Waals surface area (Å²) in [6.07, 6.45) is 0. The minimum absolute atomic E-state index is 0.201. The summed E-state index contributed by atoms with van der Waals surface area (Å²) < 4.78 is -0.333. The Morgan fingerprint density at radius 2 is 2.00 bits per heavy atom. The molecule has 1 aromatic carbocycles. The number of nitrogens with zero attached hydrogens (tertiary/aromatic N) is 4. The van der Waals surface area contributed by atoms with Crippen molar-refractivity contribution in [2.45, 2.75) is 48.9 Å². The van der Waals surface area contributed by atoms with E-state index in [1.54, 1.807) is 40.9 Å². The number of carbonyl (C=O) groups excluding carboxylic acids is 3.